The summed E-state index contributed by atoms with van der Waals surface area (Å²) in [6.07, 6.45) is 6.06. The van der Waals surface area contributed by atoms with Crippen molar-refractivity contribution in [3.05, 3.63) is 63.9 Å². The highest BCUT2D eigenvalue weighted by atomic mass is 35.5. The van der Waals surface area contributed by atoms with E-state index in [1.54, 1.807) is 13.0 Å². The first-order valence-electron chi connectivity index (χ1n) is 10.4. The third kappa shape index (κ3) is 5.18. The Balaban J connectivity index is 1.82. The Kier molecular flexibility index (Phi) is 7.32. The Hall–Kier alpha value is -2.33. The smallest absolute Gasteiger partial charge is 0.338 e. The molecule has 0 saturated heterocycles. The van der Waals surface area contributed by atoms with Crippen molar-refractivity contribution in [3.8, 4) is 0 Å². The zero-order valence-corrected chi connectivity index (χ0v) is 18.3. The van der Waals surface area contributed by atoms with E-state index in [9.17, 15) is 4.79 Å². The Morgan fingerprint density at radius 3 is 2.66 bits per heavy atom. The molecule has 4 nitrogen and oxygen atoms in total. The standard InChI is InChI=1S/C24H29ClN2O2/c1-4-6-7-8-9-18-10-11-20(21(25)14-18)16-27-17(3)26-22-13-12-19(15-23(22)27)24(28)29-5-2/h10-15H,4-9,16H2,1-3H3. The summed E-state index contributed by atoms with van der Waals surface area (Å²) in [6, 6.07) is 11.8. The second kappa shape index (κ2) is 9.93. The van der Waals surface area contributed by atoms with Gasteiger partial charge < -0.3 is 9.30 Å². The number of carbonyl (C=O) groups is 1. The molecular formula is C24H29ClN2O2. The van der Waals surface area contributed by atoms with E-state index in [1.165, 1.54) is 31.2 Å². The number of halogens is 1. The minimum Gasteiger partial charge on any atom is -0.462 e. The molecule has 0 bridgehead atoms. The Labute approximate surface area is 177 Å². The molecule has 0 aliphatic heterocycles. The molecule has 3 rings (SSSR count). The number of fused-ring (bicyclic) bond motifs is 1. The second-order valence-corrected chi connectivity index (χ2v) is 7.81. The summed E-state index contributed by atoms with van der Waals surface area (Å²) in [7, 11) is 0. The number of aryl methyl sites for hydroxylation is 2. The van der Waals surface area contributed by atoms with Crippen LogP contribution in [0.2, 0.25) is 5.02 Å². The molecule has 2 aromatic carbocycles. The SMILES string of the molecule is CCCCCCc1ccc(Cn2c(C)nc3ccc(C(=O)OCC)cc32)c(Cl)c1. The normalized spacial score (nSPS) is 11.2. The molecule has 0 spiro atoms. The molecule has 0 aliphatic carbocycles. The summed E-state index contributed by atoms with van der Waals surface area (Å²) < 4.78 is 7.23. The predicted molar refractivity (Wildman–Crippen MR) is 119 cm³/mol. The van der Waals surface area contributed by atoms with Crippen LogP contribution < -0.4 is 0 Å². The highest BCUT2D eigenvalue weighted by Crippen LogP contribution is 2.24. The van der Waals surface area contributed by atoms with E-state index >= 15 is 0 Å². The van der Waals surface area contributed by atoms with Crippen LogP contribution in [-0.2, 0) is 17.7 Å². The highest BCUT2D eigenvalue weighted by Gasteiger charge is 2.14. The third-order valence-corrected chi connectivity index (χ3v) is 5.57. The average molecular weight is 413 g/mol. The summed E-state index contributed by atoms with van der Waals surface area (Å²) in [6.45, 7) is 6.97. The van der Waals surface area contributed by atoms with Crippen molar-refractivity contribution >= 4 is 28.6 Å². The zero-order chi connectivity index (χ0) is 20.8. The number of benzene rings is 2. The Morgan fingerprint density at radius 1 is 1.10 bits per heavy atom. The van der Waals surface area contributed by atoms with Gasteiger partial charge in [0.15, 0.2) is 0 Å². The van der Waals surface area contributed by atoms with Gasteiger partial charge in [0.25, 0.3) is 0 Å². The van der Waals surface area contributed by atoms with Gasteiger partial charge in [-0.15, -0.1) is 0 Å². The molecule has 3 aromatic rings. The number of hydrogen-bond acceptors (Lipinski definition) is 3. The average Bonchev–Trinajstić information content (AvgIpc) is 3.02. The van der Waals surface area contributed by atoms with Gasteiger partial charge in [0.2, 0.25) is 0 Å². The van der Waals surface area contributed by atoms with Crippen LogP contribution in [0.1, 0.15) is 66.8 Å². The van der Waals surface area contributed by atoms with Crippen molar-refractivity contribution in [1.82, 2.24) is 9.55 Å². The molecule has 5 heteroatoms. The Morgan fingerprint density at radius 2 is 1.93 bits per heavy atom. The number of ether oxygens (including phenoxy) is 1. The molecule has 0 aliphatic rings. The van der Waals surface area contributed by atoms with Crippen molar-refractivity contribution in [2.45, 2.75) is 59.4 Å². The lowest BCUT2D eigenvalue weighted by Crippen LogP contribution is -2.06. The van der Waals surface area contributed by atoms with Crippen molar-refractivity contribution in [1.29, 1.82) is 0 Å². The lowest BCUT2D eigenvalue weighted by Gasteiger charge is -2.11. The molecule has 0 atom stereocenters. The topological polar surface area (TPSA) is 44.1 Å². The minimum atomic E-state index is -0.315. The van der Waals surface area contributed by atoms with Crippen molar-refractivity contribution in [2.24, 2.45) is 0 Å². The van der Waals surface area contributed by atoms with Gasteiger partial charge in [-0.05, 0) is 62.1 Å². The molecule has 0 saturated carbocycles. The molecule has 0 amide bonds. The molecule has 0 fully saturated rings. The molecule has 1 aromatic heterocycles. The van der Waals surface area contributed by atoms with Crippen molar-refractivity contribution in [2.75, 3.05) is 6.61 Å². The summed E-state index contributed by atoms with van der Waals surface area (Å²) >= 11 is 6.61. The van der Waals surface area contributed by atoms with Gasteiger partial charge in [-0.25, -0.2) is 9.78 Å². The fraction of sp³-hybridized carbons (Fsp3) is 0.417. The summed E-state index contributed by atoms with van der Waals surface area (Å²) in [5, 5.41) is 0.779. The summed E-state index contributed by atoms with van der Waals surface area (Å²) in [5.41, 5.74) is 4.64. The van der Waals surface area contributed by atoms with Crippen molar-refractivity contribution in [3.63, 3.8) is 0 Å². The second-order valence-electron chi connectivity index (χ2n) is 7.41. The number of imidazole rings is 1. The number of nitrogens with zero attached hydrogens (tertiary/aromatic N) is 2. The van der Waals surface area contributed by atoms with Gasteiger partial charge in [-0.3, -0.25) is 0 Å². The van der Waals surface area contributed by atoms with Crippen LogP contribution in [0.5, 0.6) is 0 Å². The third-order valence-electron chi connectivity index (χ3n) is 5.22. The predicted octanol–water partition coefficient (Wildman–Crippen LogP) is 6.35. The fourth-order valence-corrected chi connectivity index (χ4v) is 3.85. The highest BCUT2D eigenvalue weighted by molar-refractivity contribution is 6.31. The van der Waals surface area contributed by atoms with Crippen LogP contribution in [0.25, 0.3) is 11.0 Å². The first kappa shape index (κ1) is 21.4. The van der Waals surface area contributed by atoms with Crippen LogP contribution >= 0.6 is 11.6 Å². The van der Waals surface area contributed by atoms with Gasteiger partial charge in [0.05, 0.1) is 29.7 Å². The first-order valence-corrected chi connectivity index (χ1v) is 10.8. The zero-order valence-electron chi connectivity index (χ0n) is 17.5. The Bertz CT molecular complexity index is 994. The van der Waals surface area contributed by atoms with E-state index in [0.717, 1.165) is 33.9 Å². The van der Waals surface area contributed by atoms with Crippen molar-refractivity contribution < 1.29 is 9.53 Å². The van der Waals surface area contributed by atoms with Gasteiger partial charge in [-0.1, -0.05) is 49.9 Å². The number of hydrogen-bond donors (Lipinski definition) is 0. The molecule has 0 unspecified atom stereocenters. The van der Waals surface area contributed by atoms with Gasteiger partial charge in [0.1, 0.15) is 5.82 Å². The molecule has 0 radical (unpaired) electrons. The van der Waals surface area contributed by atoms with Gasteiger partial charge >= 0.3 is 5.97 Å². The fourth-order valence-electron chi connectivity index (χ4n) is 3.58. The molecule has 29 heavy (non-hydrogen) atoms. The van der Waals surface area contributed by atoms with E-state index in [2.05, 4.69) is 34.7 Å². The van der Waals surface area contributed by atoms with E-state index in [-0.39, 0.29) is 5.97 Å². The minimum absolute atomic E-state index is 0.315. The number of rotatable bonds is 9. The first-order chi connectivity index (χ1) is 14.0. The molecule has 154 valence electrons. The van der Waals surface area contributed by atoms with Crippen LogP contribution in [0.4, 0.5) is 0 Å². The number of esters is 1. The number of unbranched alkanes of at least 4 members (excludes halogenated alkanes) is 3. The molecule has 1 heterocycles. The molecular weight excluding hydrogens is 384 g/mol. The van der Waals surface area contributed by atoms with E-state index in [4.69, 9.17) is 16.3 Å². The maximum atomic E-state index is 12.1. The summed E-state index contributed by atoms with van der Waals surface area (Å²) in [4.78, 5) is 16.7. The quantitative estimate of drug-likeness (QED) is 0.304. The lowest BCUT2D eigenvalue weighted by molar-refractivity contribution is 0.0526. The van der Waals surface area contributed by atoms with E-state index in [0.29, 0.717) is 18.7 Å². The maximum Gasteiger partial charge on any atom is 0.338 e. The van der Waals surface area contributed by atoms with Gasteiger partial charge in [-0.2, -0.15) is 0 Å². The van der Waals surface area contributed by atoms with E-state index in [1.807, 2.05) is 19.1 Å². The van der Waals surface area contributed by atoms with Crippen LogP contribution in [0.15, 0.2) is 36.4 Å². The lowest BCUT2D eigenvalue weighted by atomic mass is 10.0. The maximum absolute atomic E-state index is 12.1. The van der Waals surface area contributed by atoms with Crippen LogP contribution in [0.3, 0.4) is 0 Å². The largest absolute Gasteiger partial charge is 0.462 e. The number of carbonyl (C=O) groups excluding carboxylic acids is 1. The van der Waals surface area contributed by atoms with Crippen LogP contribution in [-0.4, -0.2) is 22.1 Å². The summed E-state index contributed by atoms with van der Waals surface area (Å²) in [5.74, 6) is 0.575. The number of aromatic nitrogens is 2. The van der Waals surface area contributed by atoms with E-state index < -0.39 is 0 Å². The van der Waals surface area contributed by atoms with Gasteiger partial charge in [0, 0.05) is 5.02 Å². The monoisotopic (exact) mass is 412 g/mol. The molecule has 0 N–H and O–H groups in total. The van der Waals surface area contributed by atoms with Crippen LogP contribution in [0, 0.1) is 6.92 Å².